The highest BCUT2D eigenvalue weighted by Crippen LogP contribution is 2.54. The van der Waals surface area contributed by atoms with Crippen molar-refractivity contribution >= 4 is 5.65 Å². The normalized spacial score (nSPS) is 19.0. The molecule has 1 aliphatic carbocycles. The number of pyridine rings is 1. The summed E-state index contributed by atoms with van der Waals surface area (Å²) in [4.78, 5) is 18.5. The van der Waals surface area contributed by atoms with Gasteiger partial charge in [-0.3, -0.25) is 0 Å². The van der Waals surface area contributed by atoms with Gasteiger partial charge in [-0.2, -0.15) is 4.68 Å². The number of aromatic nitrogens is 7. The van der Waals surface area contributed by atoms with Gasteiger partial charge in [0.05, 0.1) is 11.4 Å². The van der Waals surface area contributed by atoms with E-state index in [4.69, 9.17) is 9.97 Å². The second-order valence-corrected chi connectivity index (χ2v) is 7.28. The molecule has 27 heavy (non-hydrogen) atoms. The van der Waals surface area contributed by atoms with Gasteiger partial charge in [0.25, 0.3) is 0 Å². The first-order chi connectivity index (χ1) is 13.0. The molecule has 5 rings (SSSR count). The highest BCUT2D eigenvalue weighted by atomic mass is 15.4. The Hall–Kier alpha value is -3.09. The third kappa shape index (κ3) is 2.61. The van der Waals surface area contributed by atoms with Crippen molar-refractivity contribution in [3.8, 4) is 5.82 Å². The average molecular weight is 359 g/mol. The predicted molar refractivity (Wildman–Crippen MR) is 101 cm³/mol. The lowest BCUT2D eigenvalue weighted by Gasteiger charge is -2.07. The lowest BCUT2D eigenvalue weighted by molar-refractivity contribution is 0.777. The third-order valence-corrected chi connectivity index (χ3v) is 5.26. The zero-order valence-electron chi connectivity index (χ0n) is 15.9. The van der Waals surface area contributed by atoms with Crippen LogP contribution in [0.15, 0.2) is 30.5 Å². The Bertz CT molecular complexity index is 1170. The smallest absolute Gasteiger partial charge is 0.159 e. The highest BCUT2D eigenvalue weighted by Gasteiger charge is 2.43. The van der Waals surface area contributed by atoms with E-state index in [0.29, 0.717) is 11.8 Å². The molecule has 1 aliphatic rings. The summed E-state index contributed by atoms with van der Waals surface area (Å²) in [7, 11) is 0. The molecule has 0 amide bonds. The molecule has 0 radical (unpaired) electrons. The fraction of sp³-hybridized carbons (Fsp3) is 0.350. The van der Waals surface area contributed by atoms with Gasteiger partial charge in [0, 0.05) is 29.8 Å². The lowest BCUT2D eigenvalue weighted by Crippen LogP contribution is -2.06. The summed E-state index contributed by atoms with van der Waals surface area (Å²) in [6, 6.07) is 8.16. The van der Waals surface area contributed by atoms with Gasteiger partial charge in [0.1, 0.15) is 23.1 Å². The van der Waals surface area contributed by atoms with Gasteiger partial charge in [-0.05, 0) is 46.2 Å². The molecular weight excluding hydrogens is 338 g/mol. The largest absolute Gasteiger partial charge is 0.304 e. The van der Waals surface area contributed by atoms with Crippen molar-refractivity contribution in [2.75, 3.05) is 0 Å². The summed E-state index contributed by atoms with van der Waals surface area (Å²) in [6.45, 7) is 7.90. The van der Waals surface area contributed by atoms with E-state index in [1.807, 2.05) is 39.0 Å². The number of hydrogen-bond donors (Lipinski definition) is 0. The van der Waals surface area contributed by atoms with Crippen molar-refractivity contribution < 1.29 is 0 Å². The first kappa shape index (κ1) is 16.1. The van der Waals surface area contributed by atoms with Crippen LogP contribution in [0.5, 0.6) is 0 Å². The van der Waals surface area contributed by atoms with Crippen LogP contribution in [0, 0.1) is 27.7 Å². The topological polar surface area (TPSA) is 73.8 Å². The van der Waals surface area contributed by atoms with Crippen molar-refractivity contribution in [3.63, 3.8) is 0 Å². The molecule has 4 aromatic heterocycles. The van der Waals surface area contributed by atoms with Crippen molar-refractivity contribution in [1.29, 1.82) is 0 Å². The van der Waals surface area contributed by atoms with E-state index in [1.165, 1.54) is 11.4 Å². The van der Waals surface area contributed by atoms with Gasteiger partial charge in [-0.1, -0.05) is 6.07 Å². The van der Waals surface area contributed by atoms with Crippen LogP contribution in [-0.4, -0.2) is 34.1 Å². The molecule has 7 nitrogen and oxygen atoms in total. The number of fused-ring (bicyclic) bond motifs is 1. The molecule has 1 fully saturated rings. The van der Waals surface area contributed by atoms with Crippen LogP contribution in [0.2, 0.25) is 0 Å². The molecule has 1 saturated carbocycles. The van der Waals surface area contributed by atoms with Gasteiger partial charge >= 0.3 is 0 Å². The van der Waals surface area contributed by atoms with E-state index in [0.717, 1.165) is 41.1 Å². The molecule has 4 heterocycles. The van der Waals surface area contributed by atoms with Crippen LogP contribution in [-0.2, 0) is 0 Å². The lowest BCUT2D eigenvalue weighted by atomic mass is 10.1. The fourth-order valence-electron chi connectivity index (χ4n) is 3.92. The van der Waals surface area contributed by atoms with E-state index in [1.54, 1.807) is 4.68 Å². The van der Waals surface area contributed by atoms with E-state index in [-0.39, 0.29) is 0 Å². The Kier molecular flexibility index (Phi) is 3.40. The molecular formula is C20H21N7. The fourth-order valence-corrected chi connectivity index (χ4v) is 3.92. The molecule has 0 saturated heterocycles. The maximum atomic E-state index is 4.86. The Morgan fingerprint density at radius 2 is 1.78 bits per heavy atom. The van der Waals surface area contributed by atoms with E-state index < -0.39 is 0 Å². The Morgan fingerprint density at radius 3 is 2.52 bits per heavy atom. The number of hydrogen-bond acceptors (Lipinski definition) is 5. The molecule has 0 unspecified atom stereocenters. The number of rotatable bonds is 3. The van der Waals surface area contributed by atoms with Gasteiger partial charge in [0.15, 0.2) is 5.82 Å². The minimum absolute atomic E-state index is 0.374. The van der Waals surface area contributed by atoms with Gasteiger partial charge in [0.2, 0.25) is 0 Å². The molecule has 0 aromatic carbocycles. The second-order valence-electron chi connectivity index (χ2n) is 7.28. The summed E-state index contributed by atoms with van der Waals surface area (Å²) in [5.41, 5.74) is 4.46. The molecule has 0 aliphatic heterocycles. The van der Waals surface area contributed by atoms with E-state index >= 15 is 0 Å². The average Bonchev–Trinajstić information content (AvgIpc) is 3.27. The second kappa shape index (κ2) is 5.70. The van der Waals surface area contributed by atoms with Crippen LogP contribution in [0.1, 0.15) is 52.8 Å². The number of imidazole rings is 1. The SMILES string of the molecule is Cc1nc([C@@H]2C[C@H]2c2nc3ccccn3c2C)cc(-n2nc(C)nc2C)n1. The van der Waals surface area contributed by atoms with Crippen molar-refractivity contribution in [1.82, 2.24) is 34.1 Å². The third-order valence-electron chi connectivity index (χ3n) is 5.26. The molecule has 2 atom stereocenters. The molecule has 4 aromatic rings. The number of aryl methyl sites for hydroxylation is 4. The summed E-state index contributed by atoms with van der Waals surface area (Å²) in [6.07, 6.45) is 3.14. The van der Waals surface area contributed by atoms with Crippen LogP contribution >= 0.6 is 0 Å². The molecule has 0 N–H and O–H groups in total. The van der Waals surface area contributed by atoms with Gasteiger partial charge < -0.3 is 4.40 Å². The summed E-state index contributed by atoms with van der Waals surface area (Å²) < 4.78 is 3.95. The Balaban J connectivity index is 1.51. The van der Waals surface area contributed by atoms with E-state index in [9.17, 15) is 0 Å². The zero-order chi connectivity index (χ0) is 18.7. The highest BCUT2D eigenvalue weighted by molar-refractivity contribution is 5.46. The van der Waals surface area contributed by atoms with Crippen LogP contribution in [0.25, 0.3) is 11.5 Å². The standard InChI is InChI=1S/C20H21N7/c1-11-20(24-18-7-5-6-8-26(11)18)16-9-15(16)17-10-19(23-12(2)22-17)27-14(4)21-13(3)25-27/h5-8,10,15-16H,9H2,1-4H3/t15-,16-/m1/s1. The van der Waals surface area contributed by atoms with Crippen LogP contribution in [0.3, 0.4) is 0 Å². The minimum atomic E-state index is 0.374. The van der Waals surface area contributed by atoms with Crippen molar-refractivity contribution in [2.24, 2.45) is 0 Å². The maximum Gasteiger partial charge on any atom is 0.159 e. The summed E-state index contributed by atoms with van der Waals surface area (Å²) >= 11 is 0. The maximum absolute atomic E-state index is 4.86. The molecule has 0 spiro atoms. The number of nitrogens with zero attached hydrogens (tertiary/aromatic N) is 7. The summed E-state index contributed by atoms with van der Waals surface area (Å²) in [5, 5.41) is 4.46. The summed E-state index contributed by atoms with van der Waals surface area (Å²) in [5.74, 6) is 3.90. The minimum Gasteiger partial charge on any atom is -0.304 e. The molecule has 0 bridgehead atoms. The van der Waals surface area contributed by atoms with Crippen LogP contribution in [0.4, 0.5) is 0 Å². The van der Waals surface area contributed by atoms with Gasteiger partial charge in [-0.15, -0.1) is 5.10 Å². The monoisotopic (exact) mass is 359 g/mol. The first-order valence-electron chi connectivity index (χ1n) is 9.21. The molecule has 7 heteroatoms. The van der Waals surface area contributed by atoms with Crippen molar-refractivity contribution in [3.05, 3.63) is 65.0 Å². The van der Waals surface area contributed by atoms with Crippen LogP contribution < -0.4 is 0 Å². The first-order valence-corrected chi connectivity index (χ1v) is 9.21. The quantitative estimate of drug-likeness (QED) is 0.561. The predicted octanol–water partition coefficient (Wildman–Crippen LogP) is 3.21. The van der Waals surface area contributed by atoms with Crippen molar-refractivity contribution in [2.45, 2.75) is 46.0 Å². The Labute approximate surface area is 157 Å². The van der Waals surface area contributed by atoms with Gasteiger partial charge in [-0.25, -0.2) is 19.9 Å². The zero-order valence-corrected chi connectivity index (χ0v) is 15.9. The molecule has 136 valence electrons. The Morgan fingerprint density at radius 1 is 0.926 bits per heavy atom. The van der Waals surface area contributed by atoms with E-state index in [2.05, 4.69) is 38.7 Å².